The number of nitrogens with one attached hydrogen (secondary N) is 1. The summed E-state index contributed by atoms with van der Waals surface area (Å²) in [6, 6.07) is 4.81. The zero-order chi connectivity index (χ0) is 15.3. The van der Waals surface area contributed by atoms with Crippen molar-refractivity contribution in [1.82, 2.24) is 10.2 Å². The monoisotopic (exact) mass is 278 g/mol. The molecule has 1 rings (SSSR count). The van der Waals surface area contributed by atoms with Crippen LogP contribution in [0.3, 0.4) is 0 Å². The molecule has 0 atom stereocenters. The maximum Gasteiger partial charge on any atom is 0.254 e. The SMILES string of the molecule is CCN(CC(=O)NC(C)C)C(=O)c1ccc(C)c(O)c1. The minimum Gasteiger partial charge on any atom is -0.508 e. The fourth-order valence-electron chi connectivity index (χ4n) is 1.79. The van der Waals surface area contributed by atoms with Gasteiger partial charge in [-0.2, -0.15) is 0 Å². The molecular formula is C15H22N2O3. The molecule has 20 heavy (non-hydrogen) atoms. The van der Waals surface area contributed by atoms with Crippen molar-refractivity contribution in [3.63, 3.8) is 0 Å². The molecule has 0 aliphatic rings. The summed E-state index contributed by atoms with van der Waals surface area (Å²) in [6.45, 7) is 7.76. The summed E-state index contributed by atoms with van der Waals surface area (Å²) >= 11 is 0. The van der Waals surface area contributed by atoms with Crippen molar-refractivity contribution in [2.24, 2.45) is 0 Å². The second kappa shape index (κ2) is 6.93. The van der Waals surface area contributed by atoms with Crippen LogP contribution in [0.1, 0.15) is 36.7 Å². The molecule has 5 nitrogen and oxygen atoms in total. The molecule has 0 aliphatic carbocycles. The number of carbonyl (C=O) groups is 2. The van der Waals surface area contributed by atoms with Crippen LogP contribution in [-0.4, -0.2) is 41.0 Å². The lowest BCUT2D eigenvalue weighted by Crippen LogP contribution is -2.42. The van der Waals surface area contributed by atoms with Crippen LogP contribution in [0.4, 0.5) is 0 Å². The van der Waals surface area contributed by atoms with Gasteiger partial charge in [-0.25, -0.2) is 0 Å². The van der Waals surface area contributed by atoms with E-state index in [0.717, 1.165) is 0 Å². The van der Waals surface area contributed by atoms with E-state index in [1.165, 1.54) is 11.0 Å². The number of hydrogen-bond acceptors (Lipinski definition) is 3. The van der Waals surface area contributed by atoms with Gasteiger partial charge in [-0.3, -0.25) is 9.59 Å². The first-order valence-electron chi connectivity index (χ1n) is 6.73. The molecule has 1 aromatic carbocycles. The maximum absolute atomic E-state index is 12.3. The Balaban J connectivity index is 2.81. The summed E-state index contributed by atoms with van der Waals surface area (Å²) in [5, 5.41) is 12.4. The molecule has 5 heteroatoms. The van der Waals surface area contributed by atoms with Crippen molar-refractivity contribution in [3.8, 4) is 5.75 Å². The summed E-state index contributed by atoms with van der Waals surface area (Å²) in [4.78, 5) is 25.5. The van der Waals surface area contributed by atoms with Gasteiger partial charge in [0.1, 0.15) is 5.75 Å². The lowest BCUT2D eigenvalue weighted by molar-refractivity contribution is -0.122. The largest absolute Gasteiger partial charge is 0.508 e. The third-order valence-corrected chi connectivity index (χ3v) is 2.91. The van der Waals surface area contributed by atoms with E-state index < -0.39 is 0 Å². The minimum atomic E-state index is -0.262. The average Bonchev–Trinajstić information content (AvgIpc) is 2.37. The Kier molecular flexibility index (Phi) is 5.55. The molecule has 0 fully saturated rings. The standard InChI is InChI=1S/C15H22N2O3/c1-5-17(9-14(19)16-10(2)3)15(20)12-7-6-11(4)13(18)8-12/h6-8,10,18H,5,9H2,1-4H3,(H,16,19). The van der Waals surface area contributed by atoms with Gasteiger partial charge in [0.2, 0.25) is 5.91 Å². The molecule has 0 spiro atoms. The Bertz CT molecular complexity index is 498. The molecular weight excluding hydrogens is 256 g/mol. The zero-order valence-electron chi connectivity index (χ0n) is 12.4. The molecule has 2 amide bonds. The maximum atomic E-state index is 12.3. The van der Waals surface area contributed by atoms with Gasteiger partial charge in [0, 0.05) is 18.2 Å². The highest BCUT2D eigenvalue weighted by molar-refractivity contribution is 5.97. The van der Waals surface area contributed by atoms with Crippen molar-refractivity contribution >= 4 is 11.8 Å². The van der Waals surface area contributed by atoms with Crippen molar-refractivity contribution < 1.29 is 14.7 Å². The number of likely N-dealkylation sites (N-methyl/N-ethyl adjacent to an activating group) is 1. The zero-order valence-corrected chi connectivity index (χ0v) is 12.4. The summed E-state index contributed by atoms with van der Waals surface area (Å²) in [5.74, 6) is -0.369. The molecule has 2 N–H and O–H groups in total. The number of phenolic OH excluding ortho intramolecular Hbond substituents is 1. The Morgan fingerprint density at radius 1 is 1.35 bits per heavy atom. The molecule has 110 valence electrons. The van der Waals surface area contributed by atoms with Gasteiger partial charge in [-0.05, 0) is 45.4 Å². The van der Waals surface area contributed by atoms with E-state index in [2.05, 4.69) is 5.32 Å². The van der Waals surface area contributed by atoms with Crippen LogP contribution in [0.2, 0.25) is 0 Å². The first-order valence-corrected chi connectivity index (χ1v) is 6.73. The number of amides is 2. The van der Waals surface area contributed by atoms with Gasteiger partial charge in [-0.15, -0.1) is 0 Å². The van der Waals surface area contributed by atoms with E-state index in [1.54, 1.807) is 19.1 Å². The molecule has 0 saturated carbocycles. The molecule has 0 heterocycles. The number of hydrogen-bond donors (Lipinski definition) is 2. The van der Waals surface area contributed by atoms with Crippen molar-refractivity contribution in [3.05, 3.63) is 29.3 Å². The molecule has 0 saturated heterocycles. The van der Waals surface area contributed by atoms with Crippen LogP contribution in [0, 0.1) is 6.92 Å². The Hall–Kier alpha value is -2.04. The quantitative estimate of drug-likeness (QED) is 0.861. The third-order valence-electron chi connectivity index (χ3n) is 2.91. The highest BCUT2D eigenvalue weighted by Gasteiger charge is 2.18. The van der Waals surface area contributed by atoms with Gasteiger partial charge < -0.3 is 15.3 Å². The van der Waals surface area contributed by atoms with Crippen molar-refractivity contribution in [2.75, 3.05) is 13.1 Å². The van der Waals surface area contributed by atoms with Crippen molar-refractivity contribution in [2.45, 2.75) is 33.7 Å². The van der Waals surface area contributed by atoms with E-state index in [0.29, 0.717) is 17.7 Å². The molecule has 0 bridgehead atoms. The fraction of sp³-hybridized carbons (Fsp3) is 0.467. The summed E-state index contributed by atoms with van der Waals surface area (Å²) in [6.07, 6.45) is 0. The molecule has 0 aliphatic heterocycles. The van der Waals surface area contributed by atoms with Gasteiger partial charge in [0.25, 0.3) is 5.91 Å². The lowest BCUT2D eigenvalue weighted by atomic mass is 10.1. The van der Waals surface area contributed by atoms with E-state index in [1.807, 2.05) is 20.8 Å². The molecule has 1 aromatic rings. The second-order valence-corrected chi connectivity index (χ2v) is 5.04. The molecule has 0 aromatic heterocycles. The topological polar surface area (TPSA) is 69.6 Å². The Morgan fingerprint density at radius 2 is 2.00 bits per heavy atom. The summed E-state index contributed by atoms with van der Waals surface area (Å²) in [5.41, 5.74) is 1.09. The van der Waals surface area contributed by atoms with E-state index in [4.69, 9.17) is 0 Å². The Labute approximate surface area is 119 Å². The van der Waals surface area contributed by atoms with Crippen LogP contribution in [0.25, 0.3) is 0 Å². The van der Waals surface area contributed by atoms with Gasteiger partial charge in [0.05, 0.1) is 6.54 Å². The van der Waals surface area contributed by atoms with Crippen LogP contribution in [0.15, 0.2) is 18.2 Å². The van der Waals surface area contributed by atoms with Crippen LogP contribution in [-0.2, 0) is 4.79 Å². The third kappa shape index (κ3) is 4.26. The van der Waals surface area contributed by atoms with Crippen LogP contribution < -0.4 is 5.32 Å². The smallest absolute Gasteiger partial charge is 0.254 e. The number of aryl methyl sites for hydroxylation is 1. The predicted molar refractivity (Wildman–Crippen MR) is 77.7 cm³/mol. The normalized spacial score (nSPS) is 10.4. The van der Waals surface area contributed by atoms with Crippen LogP contribution in [0.5, 0.6) is 5.75 Å². The fourth-order valence-corrected chi connectivity index (χ4v) is 1.79. The summed E-state index contributed by atoms with van der Waals surface area (Å²) in [7, 11) is 0. The van der Waals surface area contributed by atoms with E-state index in [-0.39, 0.29) is 30.2 Å². The number of rotatable bonds is 5. The van der Waals surface area contributed by atoms with Crippen LogP contribution >= 0.6 is 0 Å². The lowest BCUT2D eigenvalue weighted by Gasteiger charge is -2.21. The number of aromatic hydroxyl groups is 1. The predicted octanol–water partition coefficient (Wildman–Crippen LogP) is 1.69. The van der Waals surface area contributed by atoms with Gasteiger partial charge in [0.15, 0.2) is 0 Å². The van der Waals surface area contributed by atoms with E-state index >= 15 is 0 Å². The number of phenols is 1. The second-order valence-electron chi connectivity index (χ2n) is 5.04. The van der Waals surface area contributed by atoms with Crippen molar-refractivity contribution in [1.29, 1.82) is 0 Å². The van der Waals surface area contributed by atoms with E-state index in [9.17, 15) is 14.7 Å². The average molecular weight is 278 g/mol. The first-order chi connectivity index (χ1) is 9.35. The Morgan fingerprint density at radius 3 is 2.50 bits per heavy atom. The number of nitrogens with zero attached hydrogens (tertiary/aromatic N) is 1. The number of carbonyl (C=O) groups excluding carboxylic acids is 2. The highest BCUT2D eigenvalue weighted by Crippen LogP contribution is 2.18. The highest BCUT2D eigenvalue weighted by atomic mass is 16.3. The molecule has 0 unspecified atom stereocenters. The summed E-state index contributed by atoms with van der Waals surface area (Å²) < 4.78 is 0. The van der Waals surface area contributed by atoms with Gasteiger partial charge in [-0.1, -0.05) is 6.07 Å². The minimum absolute atomic E-state index is 0.0160. The molecule has 0 radical (unpaired) electrons. The van der Waals surface area contributed by atoms with Gasteiger partial charge >= 0.3 is 0 Å². The first kappa shape index (κ1) is 16.0. The number of benzene rings is 1.